The lowest BCUT2D eigenvalue weighted by atomic mass is 9.74. The molecule has 116 valence electrons. The van der Waals surface area contributed by atoms with Crippen molar-refractivity contribution in [2.45, 2.75) is 26.7 Å². The van der Waals surface area contributed by atoms with E-state index in [1.54, 1.807) is 0 Å². The lowest BCUT2D eigenvalue weighted by Crippen LogP contribution is -2.44. The molecule has 3 nitrogen and oxygen atoms in total. The van der Waals surface area contributed by atoms with Crippen LogP contribution in [0.15, 0.2) is 12.1 Å². The number of benzene rings is 1. The molecule has 1 aromatic rings. The highest BCUT2D eigenvalue weighted by molar-refractivity contribution is 6.35. The first-order valence-electron chi connectivity index (χ1n) is 6.99. The Morgan fingerprint density at radius 3 is 2.52 bits per heavy atom. The first-order chi connectivity index (χ1) is 9.82. The smallest absolute Gasteiger partial charge is 0.230 e. The van der Waals surface area contributed by atoms with E-state index < -0.39 is 11.2 Å². The van der Waals surface area contributed by atoms with Crippen molar-refractivity contribution in [1.82, 2.24) is 5.32 Å². The fraction of sp³-hybridized carbons (Fsp3) is 0.533. The van der Waals surface area contributed by atoms with E-state index in [4.69, 9.17) is 23.2 Å². The molecule has 21 heavy (non-hydrogen) atoms. The Labute approximate surface area is 134 Å². The quantitative estimate of drug-likeness (QED) is 0.818. The van der Waals surface area contributed by atoms with Gasteiger partial charge in [0, 0.05) is 11.1 Å². The Bertz CT molecular complexity index is 519. The summed E-state index contributed by atoms with van der Waals surface area (Å²) in [7, 11) is 0. The minimum atomic E-state index is -0.674. The number of nitrogens with one attached hydrogen (secondary N) is 2. The summed E-state index contributed by atoms with van der Waals surface area (Å²) in [6, 6.07) is 2.74. The molecule has 1 aliphatic rings. The van der Waals surface area contributed by atoms with Gasteiger partial charge in [-0.1, -0.05) is 37.0 Å². The van der Waals surface area contributed by atoms with E-state index in [-0.39, 0.29) is 21.9 Å². The van der Waals surface area contributed by atoms with Crippen molar-refractivity contribution in [2.75, 3.05) is 18.4 Å². The van der Waals surface area contributed by atoms with Crippen molar-refractivity contribution in [3.63, 3.8) is 0 Å². The van der Waals surface area contributed by atoms with Crippen molar-refractivity contribution < 1.29 is 9.18 Å². The zero-order valence-electron chi connectivity index (χ0n) is 12.1. The third-order valence-electron chi connectivity index (χ3n) is 4.14. The molecule has 2 N–H and O–H groups in total. The second-order valence-corrected chi connectivity index (χ2v) is 6.79. The van der Waals surface area contributed by atoms with Gasteiger partial charge in [0.1, 0.15) is 0 Å². The van der Waals surface area contributed by atoms with Crippen LogP contribution in [0.4, 0.5) is 10.1 Å². The molecular weight excluding hydrogens is 314 g/mol. The van der Waals surface area contributed by atoms with Crippen molar-refractivity contribution in [1.29, 1.82) is 0 Å². The Balaban J connectivity index is 2.13. The molecule has 1 aromatic carbocycles. The summed E-state index contributed by atoms with van der Waals surface area (Å²) in [4.78, 5) is 12.5. The summed E-state index contributed by atoms with van der Waals surface area (Å²) >= 11 is 11.5. The van der Waals surface area contributed by atoms with E-state index in [0.29, 0.717) is 5.69 Å². The Hall–Kier alpha value is -0.840. The summed E-state index contributed by atoms with van der Waals surface area (Å²) in [5.41, 5.74) is -0.117. The normalized spacial score (nSPS) is 19.4. The molecule has 6 heteroatoms. The van der Waals surface area contributed by atoms with E-state index in [9.17, 15) is 9.18 Å². The van der Waals surface area contributed by atoms with Crippen LogP contribution < -0.4 is 10.6 Å². The fourth-order valence-corrected chi connectivity index (χ4v) is 3.06. The van der Waals surface area contributed by atoms with Crippen LogP contribution in [0.25, 0.3) is 0 Å². The molecule has 1 aliphatic heterocycles. The summed E-state index contributed by atoms with van der Waals surface area (Å²) in [6.45, 7) is 5.67. The van der Waals surface area contributed by atoms with Crippen LogP contribution in [-0.2, 0) is 4.79 Å². The van der Waals surface area contributed by atoms with Crippen LogP contribution in [0.1, 0.15) is 26.7 Å². The topological polar surface area (TPSA) is 41.1 Å². The lowest BCUT2D eigenvalue weighted by molar-refractivity contribution is -0.127. The van der Waals surface area contributed by atoms with Gasteiger partial charge in [0.05, 0.1) is 10.0 Å². The van der Waals surface area contributed by atoms with Crippen LogP contribution in [0.3, 0.4) is 0 Å². The average Bonchev–Trinajstić information content (AvgIpc) is 2.45. The van der Waals surface area contributed by atoms with Crippen LogP contribution in [0, 0.1) is 17.2 Å². The SMILES string of the molecule is CC(C)(C(=O)Nc1cc(Cl)c(F)c(Cl)c1)C1CCCNC1. The molecule has 0 radical (unpaired) electrons. The van der Waals surface area contributed by atoms with Crippen molar-refractivity contribution in [2.24, 2.45) is 11.3 Å². The maximum absolute atomic E-state index is 13.4. The van der Waals surface area contributed by atoms with Gasteiger partial charge in [-0.25, -0.2) is 4.39 Å². The Morgan fingerprint density at radius 1 is 1.38 bits per heavy atom. The first kappa shape index (κ1) is 16.5. The second-order valence-electron chi connectivity index (χ2n) is 5.97. The molecule has 2 rings (SSSR count). The predicted molar refractivity (Wildman–Crippen MR) is 84.4 cm³/mol. The Kier molecular flexibility index (Phi) is 5.12. The molecule has 1 atom stereocenters. The van der Waals surface area contributed by atoms with Gasteiger partial charge in [0.15, 0.2) is 5.82 Å². The van der Waals surface area contributed by atoms with Crippen LogP contribution in [-0.4, -0.2) is 19.0 Å². The maximum Gasteiger partial charge on any atom is 0.230 e. The second kappa shape index (κ2) is 6.51. The van der Waals surface area contributed by atoms with E-state index in [2.05, 4.69) is 10.6 Å². The number of carbonyl (C=O) groups is 1. The number of piperidine rings is 1. The molecule has 0 spiro atoms. The minimum Gasteiger partial charge on any atom is -0.326 e. The third kappa shape index (κ3) is 3.68. The van der Waals surface area contributed by atoms with Crippen molar-refractivity contribution >= 4 is 34.8 Å². The van der Waals surface area contributed by atoms with E-state index >= 15 is 0 Å². The van der Waals surface area contributed by atoms with Gasteiger partial charge in [0.25, 0.3) is 0 Å². The standard InChI is InChI=1S/C15H19Cl2FN2O/c1-15(2,9-4-3-5-19-8-9)14(21)20-10-6-11(16)13(18)12(17)7-10/h6-7,9,19H,3-5,8H2,1-2H3,(H,20,21). The van der Waals surface area contributed by atoms with Gasteiger partial charge in [-0.15, -0.1) is 0 Å². The Morgan fingerprint density at radius 2 is 2.00 bits per heavy atom. The van der Waals surface area contributed by atoms with Gasteiger partial charge in [0.2, 0.25) is 5.91 Å². The zero-order valence-corrected chi connectivity index (χ0v) is 13.6. The monoisotopic (exact) mass is 332 g/mol. The molecule has 0 aliphatic carbocycles. The summed E-state index contributed by atoms with van der Waals surface area (Å²) in [5.74, 6) is -0.528. The van der Waals surface area contributed by atoms with Gasteiger partial charge >= 0.3 is 0 Å². The predicted octanol–water partition coefficient (Wildman–Crippen LogP) is 4.10. The molecular formula is C15H19Cl2FN2O. The summed E-state index contributed by atoms with van der Waals surface area (Å²) < 4.78 is 13.4. The highest BCUT2D eigenvalue weighted by Gasteiger charge is 2.37. The van der Waals surface area contributed by atoms with Gasteiger partial charge in [-0.3, -0.25) is 4.79 Å². The number of anilines is 1. The third-order valence-corrected chi connectivity index (χ3v) is 4.69. The lowest BCUT2D eigenvalue weighted by Gasteiger charge is -2.36. The van der Waals surface area contributed by atoms with E-state index in [1.807, 2.05) is 13.8 Å². The van der Waals surface area contributed by atoms with Crippen LogP contribution >= 0.6 is 23.2 Å². The molecule has 1 fully saturated rings. The molecule has 1 amide bonds. The number of hydrogen-bond acceptors (Lipinski definition) is 2. The number of rotatable bonds is 3. The van der Waals surface area contributed by atoms with Gasteiger partial charge in [-0.05, 0) is 44.0 Å². The molecule has 1 saturated heterocycles. The fourth-order valence-electron chi connectivity index (χ4n) is 2.57. The zero-order chi connectivity index (χ0) is 15.6. The first-order valence-corrected chi connectivity index (χ1v) is 7.74. The minimum absolute atomic E-state index is 0.102. The average molecular weight is 333 g/mol. The van der Waals surface area contributed by atoms with Crippen molar-refractivity contribution in [3.05, 3.63) is 28.0 Å². The van der Waals surface area contributed by atoms with Crippen molar-refractivity contribution in [3.8, 4) is 0 Å². The summed E-state index contributed by atoms with van der Waals surface area (Å²) in [6.07, 6.45) is 2.08. The van der Waals surface area contributed by atoms with Crippen LogP contribution in [0.2, 0.25) is 10.0 Å². The molecule has 0 bridgehead atoms. The molecule has 1 heterocycles. The maximum atomic E-state index is 13.4. The molecule has 0 saturated carbocycles. The molecule has 0 aromatic heterocycles. The highest BCUT2D eigenvalue weighted by Crippen LogP contribution is 2.34. The number of hydrogen-bond donors (Lipinski definition) is 2. The largest absolute Gasteiger partial charge is 0.326 e. The van der Waals surface area contributed by atoms with E-state index in [1.165, 1.54) is 12.1 Å². The van der Waals surface area contributed by atoms with Gasteiger partial charge in [-0.2, -0.15) is 0 Å². The van der Waals surface area contributed by atoms with E-state index in [0.717, 1.165) is 25.9 Å². The number of amides is 1. The highest BCUT2D eigenvalue weighted by atomic mass is 35.5. The van der Waals surface area contributed by atoms with Crippen LogP contribution in [0.5, 0.6) is 0 Å². The molecule has 1 unspecified atom stereocenters. The number of halogens is 3. The number of carbonyl (C=O) groups excluding carboxylic acids is 1. The van der Waals surface area contributed by atoms with Gasteiger partial charge < -0.3 is 10.6 Å². The summed E-state index contributed by atoms with van der Waals surface area (Å²) in [5, 5.41) is 5.90.